The molecule has 0 spiro atoms. The molecular formula is C25H36N2O4. The smallest absolute Gasteiger partial charge is 0.340 e. The lowest BCUT2D eigenvalue weighted by Crippen LogP contribution is -2.26. The Hall–Kier alpha value is -2.47. The van der Waals surface area contributed by atoms with E-state index in [1.165, 1.54) is 25.7 Å². The van der Waals surface area contributed by atoms with E-state index in [2.05, 4.69) is 23.8 Å². The minimum atomic E-state index is -0.584. The summed E-state index contributed by atoms with van der Waals surface area (Å²) in [6.45, 7) is 7.31. The number of ether oxygens (including phenoxy) is 3. The van der Waals surface area contributed by atoms with Crippen LogP contribution in [0.2, 0.25) is 0 Å². The Morgan fingerprint density at radius 2 is 1.45 bits per heavy atom. The number of benzene rings is 1. The van der Waals surface area contributed by atoms with E-state index in [9.17, 15) is 4.79 Å². The van der Waals surface area contributed by atoms with Crippen molar-refractivity contribution in [3.8, 4) is 22.9 Å². The maximum Gasteiger partial charge on any atom is 0.340 e. The van der Waals surface area contributed by atoms with Crippen LogP contribution in [0.3, 0.4) is 0 Å². The Balaban J connectivity index is 1.78. The second kappa shape index (κ2) is 14.5. The lowest BCUT2D eigenvalue weighted by atomic mass is 10.2. The largest absolute Gasteiger partial charge is 0.490 e. The number of aromatic nitrogens is 2. The van der Waals surface area contributed by atoms with Gasteiger partial charge in [0.2, 0.25) is 0 Å². The molecule has 1 unspecified atom stereocenters. The zero-order valence-electron chi connectivity index (χ0n) is 19.1. The molecule has 0 aliphatic heterocycles. The SMILES string of the molecule is CCCCCCCOc1cnc(-c2ccc(OC(=O)C(C)OCCCCC)cc2)nc1. The second-order valence-corrected chi connectivity index (χ2v) is 7.67. The number of unbranched alkanes of at least 4 members (excludes halogenated alkanes) is 6. The molecule has 170 valence electrons. The first-order valence-corrected chi connectivity index (χ1v) is 11.5. The fourth-order valence-electron chi connectivity index (χ4n) is 2.99. The molecule has 1 atom stereocenters. The number of hydrogen-bond donors (Lipinski definition) is 0. The van der Waals surface area contributed by atoms with Gasteiger partial charge in [0.25, 0.3) is 0 Å². The molecule has 2 aromatic rings. The number of esters is 1. The van der Waals surface area contributed by atoms with Crippen LogP contribution in [0.25, 0.3) is 11.4 Å². The molecule has 2 rings (SSSR count). The summed E-state index contributed by atoms with van der Waals surface area (Å²) in [5.41, 5.74) is 0.842. The lowest BCUT2D eigenvalue weighted by molar-refractivity contribution is -0.146. The van der Waals surface area contributed by atoms with E-state index >= 15 is 0 Å². The summed E-state index contributed by atoms with van der Waals surface area (Å²) in [5, 5.41) is 0. The van der Waals surface area contributed by atoms with Gasteiger partial charge >= 0.3 is 5.97 Å². The number of hydrogen-bond acceptors (Lipinski definition) is 6. The lowest BCUT2D eigenvalue weighted by Gasteiger charge is -2.12. The summed E-state index contributed by atoms with van der Waals surface area (Å²) in [7, 11) is 0. The van der Waals surface area contributed by atoms with Crippen molar-refractivity contribution in [2.24, 2.45) is 0 Å². The van der Waals surface area contributed by atoms with E-state index in [-0.39, 0.29) is 0 Å². The van der Waals surface area contributed by atoms with Gasteiger partial charge in [-0.05, 0) is 44.0 Å². The van der Waals surface area contributed by atoms with Crippen molar-refractivity contribution in [1.29, 1.82) is 0 Å². The predicted molar refractivity (Wildman–Crippen MR) is 122 cm³/mol. The maximum absolute atomic E-state index is 12.1. The maximum atomic E-state index is 12.1. The first kappa shape index (κ1) is 24.8. The van der Waals surface area contributed by atoms with Gasteiger partial charge in [0, 0.05) is 12.2 Å². The fraction of sp³-hybridized carbons (Fsp3) is 0.560. The average molecular weight is 429 g/mol. The van der Waals surface area contributed by atoms with Gasteiger partial charge in [0.15, 0.2) is 17.7 Å². The van der Waals surface area contributed by atoms with E-state index in [4.69, 9.17) is 14.2 Å². The van der Waals surface area contributed by atoms with Crippen LogP contribution < -0.4 is 9.47 Å². The normalized spacial score (nSPS) is 11.8. The number of carbonyl (C=O) groups is 1. The third-order valence-electron chi connectivity index (χ3n) is 4.92. The molecule has 6 heteroatoms. The molecule has 0 amide bonds. The van der Waals surface area contributed by atoms with Gasteiger partial charge in [-0.25, -0.2) is 14.8 Å². The third-order valence-corrected chi connectivity index (χ3v) is 4.92. The zero-order valence-corrected chi connectivity index (χ0v) is 19.1. The van der Waals surface area contributed by atoms with Crippen molar-refractivity contribution in [2.45, 2.75) is 78.2 Å². The van der Waals surface area contributed by atoms with E-state index in [1.807, 2.05) is 12.1 Å². The van der Waals surface area contributed by atoms with Crippen LogP contribution in [-0.4, -0.2) is 35.3 Å². The minimum absolute atomic E-state index is 0.392. The van der Waals surface area contributed by atoms with Gasteiger partial charge in [-0.15, -0.1) is 0 Å². The molecular weight excluding hydrogens is 392 g/mol. The highest BCUT2D eigenvalue weighted by Gasteiger charge is 2.16. The highest BCUT2D eigenvalue weighted by Crippen LogP contribution is 2.21. The van der Waals surface area contributed by atoms with Crippen LogP contribution in [-0.2, 0) is 9.53 Å². The summed E-state index contributed by atoms with van der Waals surface area (Å²) < 4.78 is 16.6. The first-order valence-electron chi connectivity index (χ1n) is 11.5. The summed E-state index contributed by atoms with van der Waals surface area (Å²) in [6, 6.07) is 7.14. The molecule has 0 N–H and O–H groups in total. The molecule has 0 bridgehead atoms. The van der Waals surface area contributed by atoms with Crippen LogP contribution in [0.15, 0.2) is 36.7 Å². The fourth-order valence-corrected chi connectivity index (χ4v) is 2.99. The number of carbonyl (C=O) groups excluding carboxylic acids is 1. The van der Waals surface area contributed by atoms with Crippen molar-refractivity contribution in [2.75, 3.05) is 13.2 Å². The van der Waals surface area contributed by atoms with E-state index in [0.29, 0.717) is 30.5 Å². The van der Waals surface area contributed by atoms with Crippen LogP contribution in [0, 0.1) is 0 Å². The Kier molecular flexibility index (Phi) is 11.6. The van der Waals surface area contributed by atoms with Gasteiger partial charge in [0.05, 0.1) is 19.0 Å². The standard InChI is InChI=1S/C25H36N2O4/c1-4-6-8-9-11-17-30-23-18-26-24(27-19-23)21-12-14-22(15-13-21)31-25(28)20(3)29-16-10-7-5-2/h12-15,18-20H,4-11,16-17H2,1-3H3. The van der Waals surface area contributed by atoms with Gasteiger partial charge in [-0.1, -0.05) is 52.4 Å². The van der Waals surface area contributed by atoms with Crippen LogP contribution in [0.1, 0.15) is 72.1 Å². The Morgan fingerprint density at radius 3 is 2.13 bits per heavy atom. The summed E-state index contributed by atoms with van der Waals surface area (Å²) in [5.74, 6) is 1.36. The predicted octanol–water partition coefficient (Wildman–Crippen LogP) is 5.99. The van der Waals surface area contributed by atoms with Crippen molar-refractivity contribution in [3.05, 3.63) is 36.7 Å². The quantitative estimate of drug-likeness (QED) is 0.197. The first-order chi connectivity index (χ1) is 15.1. The number of nitrogens with zero attached hydrogens (tertiary/aromatic N) is 2. The summed E-state index contributed by atoms with van der Waals surface area (Å²) >= 11 is 0. The Bertz CT molecular complexity index is 747. The van der Waals surface area contributed by atoms with E-state index in [0.717, 1.165) is 31.2 Å². The number of rotatable bonds is 15. The highest BCUT2D eigenvalue weighted by molar-refractivity contribution is 5.77. The van der Waals surface area contributed by atoms with Crippen molar-refractivity contribution < 1.29 is 19.0 Å². The molecule has 31 heavy (non-hydrogen) atoms. The molecule has 0 radical (unpaired) electrons. The molecule has 1 heterocycles. The topological polar surface area (TPSA) is 70.5 Å². The molecule has 0 saturated carbocycles. The monoisotopic (exact) mass is 428 g/mol. The molecule has 0 saturated heterocycles. The van der Waals surface area contributed by atoms with Crippen LogP contribution in [0.5, 0.6) is 11.5 Å². The molecule has 1 aromatic heterocycles. The zero-order chi connectivity index (χ0) is 22.3. The average Bonchev–Trinajstić information content (AvgIpc) is 2.80. The van der Waals surface area contributed by atoms with Gasteiger partial charge in [-0.2, -0.15) is 0 Å². The van der Waals surface area contributed by atoms with Crippen molar-refractivity contribution in [1.82, 2.24) is 9.97 Å². The molecule has 1 aromatic carbocycles. The Morgan fingerprint density at radius 1 is 0.839 bits per heavy atom. The molecule has 0 fully saturated rings. The summed E-state index contributed by atoms with van der Waals surface area (Å²) in [4.78, 5) is 20.9. The van der Waals surface area contributed by atoms with Crippen molar-refractivity contribution >= 4 is 5.97 Å². The molecule has 0 aliphatic carbocycles. The molecule has 6 nitrogen and oxygen atoms in total. The molecule has 0 aliphatic rings. The second-order valence-electron chi connectivity index (χ2n) is 7.67. The van der Waals surface area contributed by atoms with Gasteiger partial charge in [0.1, 0.15) is 5.75 Å². The van der Waals surface area contributed by atoms with Crippen LogP contribution >= 0.6 is 0 Å². The third kappa shape index (κ3) is 9.47. The van der Waals surface area contributed by atoms with Crippen molar-refractivity contribution in [3.63, 3.8) is 0 Å². The summed E-state index contributed by atoms with van der Waals surface area (Å²) in [6.07, 6.45) is 12.0. The van der Waals surface area contributed by atoms with Gasteiger partial charge in [-0.3, -0.25) is 0 Å². The van der Waals surface area contributed by atoms with E-state index < -0.39 is 12.1 Å². The van der Waals surface area contributed by atoms with Gasteiger partial charge < -0.3 is 14.2 Å². The van der Waals surface area contributed by atoms with Crippen LogP contribution in [0.4, 0.5) is 0 Å². The Labute approximate surface area is 186 Å². The highest BCUT2D eigenvalue weighted by atomic mass is 16.6. The minimum Gasteiger partial charge on any atom is -0.490 e. The van der Waals surface area contributed by atoms with E-state index in [1.54, 1.807) is 31.5 Å².